The smallest absolute Gasteiger partial charge is 0.224 e. The van der Waals surface area contributed by atoms with E-state index in [1.807, 2.05) is 6.92 Å². The Hall–Kier alpha value is -0.570. The Morgan fingerprint density at radius 1 is 1.31 bits per heavy atom. The molecule has 16 heavy (non-hydrogen) atoms. The molecule has 2 atom stereocenters. The number of carbonyl (C=O) groups excluding carboxylic acids is 1. The number of rotatable bonds is 5. The fraction of sp³-hybridized carbons (Fsp3) is 0.923. The summed E-state index contributed by atoms with van der Waals surface area (Å²) in [6.07, 6.45) is 0.761. The third-order valence-electron chi connectivity index (χ3n) is 2.94. The average Bonchev–Trinajstić information content (AvgIpc) is 2.10. The van der Waals surface area contributed by atoms with Gasteiger partial charge in [0.1, 0.15) is 0 Å². The van der Waals surface area contributed by atoms with Crippen molar-refractivity contribution in [3.63, 3.8) is 0 Å². The van der Waals surface area contributed by atoms with Gasteiger partial charge in [-0.15, -0.1) is 0 Å². The molecule has 0 aromatic carbocycles. The Labute approximate surface area is 99.6 Å². The first-order valence-electron chi connectivity index (χ1n) is 6.15. The SMILES string of the molecule is CCC(CO)NC(=O)C(C(C)C)C(C)(C)C. The van der Waals surface area contributed by atoms with Gasteiger partial charge in [0.25, 0.3) is 0 Å². The summed E-state index contributed by atoms with van der Waals surface area (Å²) in [7, 11) is 0. The van der Waals surface area contributed by atoms with Crippen molar-refractivity contribution in [1.82, 2.24) is 5.32 Å². The molecule has 3 nitrogen and oxygen atoms in total. The first-order chi connectivity index (χ1) is 7.23. The van der Waals surface area contributed by atoms with Gasteiger partial charge in [0.05, 0.1) is 12.6 Å². The number of nitrogens with one attached hydrogen (secondary N) is 1. The highest BCUT2D eigenvalue weighted by atomic mass is 16.3. The summed E-state index contributed by atoms with van der Waals surface area (Å²) in [5.41, 5.74) is -0.0496. The lowest BCUT2D eigenvalue weighted by Gasteiger charge is -2.33. The monoisotopic (exact) mass is 229 g/mol. The number of amides is 1. The maximum absolute atomic E-state index is 12.1. The van der Waals surface area contributed by atoms with Crippen LogP contribution in [0, 0.1) is 17.3 Å². The summed E-state index contributed by atoms with van der Waals surface area (Å²) in [5, 5.41) is 12.0. The molecule has 0 aliphatic carbocycles. The van der Waals surface area contributed by atoms with E-state index >= 15 is 0 Å². The fourth-order valence-corrected chi connectivity index (χ4v) is 2.26. The molecular formula is C13H27NO2. The van der Waals surface area contributed by atoms with Crippen LogP contribution in [0.3, 0.4) is 0 Å². The Balaban J connectivity index is 4.64. The zero-order chi connectivity index (χ0) is 12.9. The second kappa shape index (κ2) is 6.24. The lowest BCUT2D eigenvalue weighted by molar-refractivity contribution is -0.131. The Kier molecular flexibility index (Phi) is 6.01. The molecule has 0 heterocycles. The Morgan fingerprint density at radius 3 is 2.06 bits per heavy atom. The van der Waals surface area contributed by atoms with Crippen LogP contribution in [0.15, 0.2) is 0 Å². The van der Waals surface area contributed by atoms with Crippen molar-refractivity contribution in [3.8, 4) is 0 Å². The lowest BCUT2D eigenvalue weighted by Crippen LogP contribution is -2.46. The minimum atomic E-state index is -0.115. The number of hydrogen-bond acceptors (Lipinski definition) is 2. The van der Waals surface area contributed by atoms with Crippen LogP contribution in [0.1, 0.15) is 48.0 Å². The van der Waals surface area contributed by atoms with Crippen molar-refractivity contribution in [2.24, 2.45) is 17.3 Å². The molecule has 0 bridgehead atoms. The molecule has 1 amide bonds. The standard InChI is InChI=1S/C13H27NO2/c1-7-10(8-15)14-12(16)11(9(2)3)13(4,5)6/h9-11,15H,7-8H2,1-6H3,(H,14,16). The van der Waals surface area contributed by atoms with Crippen LogP contribution in [0.5, 0.6) is 0 Å². The molecule has 0 spiro atoms. The Bertz CT molecular complexity index is 214. The lowest BCUT2D eigenvalue weighted by atomic mass is 9.73. The van der Waals surface area contributed by atoms with Crippen molar-refractivity contribution in [1.29, 1.82) is 0 Å². The predicted octanol–water partition coefficient (Wildman–Crippen LogP) is 2.19. The van der Waals surface area contributed by atoms with Crippen molar-refractivity contribution >= 4 is 5.91 Å². The molecule has 0 rings (SSSR count). The molecule has 0 radical (unpaired) electrons. The second-order valence-electron chi connectivity index (χ2n) is 5.88. The fourth-order valence-electron chi connectivity index (χ4n) is 2.26. The number of aliphatic hydroxyl groups is 1. The zero-order valence-electron chi connectivity index (χ0n) is 11.5. The van der Waals surface area contributed by atoms with E-state index in [0.717, 1.165) is 6.42 Å². The first kappa shape index (κ1) is 15.4. The van der Waals surface area contributed by atoms with Gasteiger partial charge in [0.2, 0.25) is 5.91 Å². The van der Waals surface area contributed by atoms with Gasteiger partial charge in [0.15, 0.2) is 0 Å². The van der Waals surface area contributed by atoms with Gasteiger partial charge in [-0.3, -0.25) is 4.79 Å². The van der Waals surface area contributed by atoms with Gasteiger partial charge in [-0.2, -0.15) is 0 Å². The maximum Gasteiger partial charge on any atom is 0.224 e. The van der Waals surface area contributed by atoms with Crippen LogP contribution < -0.4 is 5.32 Å². The summed E-state index contributed by atoms with van der Waals surface area (Å²) in [4.78, 5) is 12.1. The van der Waals surface area contributed by atoms with E-state index in [9.17, 15) is 4.79 Å². The van der Waals surface area contributed by atoms with E-state index in [4.69, 9.17) is 5.11 Å². The number of carbonyl (C=O) groups is 1. The molecule has 96 valence electrons. The van der Waals surface area contributed by atoms with E-state index in [-0.39, 0.29) is 29.9 Å². The van der Waals surface area contributed by atoms with E-state index in [0.29, 0.717) is 5.92 Å². The minimum Gasteiger partial charge on any atom is -0.394 e. The molecule has 2 unspecified atom stereocenters. The zero-order valence-corrected chi connectivity index (χ0v) is 11.5. The van der Waals surface area contributed by atoms with Crippen LogP contribution in [0.25, 0.3) is 0 Å². The first-order valence-corrected chi connectivity index (χ1v) is 6.15. The Morgan fingerprint density at radius 2 is 1.81 bits per heavy atom. The third-order valence-corrected chi connectivity index (χ3v) is 2.94. The summed E-state index contributed by atoms with van der Waals surface area (Å²) in [5.74, 6) is 0.340. The summed E-state index contributed by atoms with van der Waals surface area (Å²) in [6.45, 7) is 12.3. The average molecular weight is 229 g/mol. The van der Waals surface area contributed by atoms with Crippen molar-refractivity contribution < 1.29 is 9.90 Å². The number of hydrogen-bond donors (Lipinski definition) is 2. The molecule has 0 aromatic rings. The molecule has 3 heteroatoms. The van der Waals surface area contributed by atoms with Gasteiger partial charge < -0.3 is 10.4 Å². The van der Waals surface area contributed by atoms with Gasteiger partial charge in [-0.1, -0.05) is 41.5 Å². The van der Waals surface area contributed by atoms with E-state index in [1.165, 1.54) is 0 Å². The van der Waals surface area contributed by atoms with Gasteiger partial charge >= 0.3 is 0 Å². The minimum absolute atomic E-state index is 0.0111. The quantitative estimate of drug-likeness (QED) is 0.759. The van der Waals surface area contributed by atoms with Crippen LogP contribution in [0.2, 0.25) is 0 Å². The normalized spacial score (nSPS) is 16.0. The molecule has 0 aromatic heterocycles. The second-order valence-corrected chi connectivity index (χ2v) is 5.88. The van der Waals surface area contributed by atoms with Crippen LogP contribution in [-0.2, 0) is 4.79 Å². The van der Waals surface area contributed by atoms with Crippen molar-refractivity contribution in [2.75, 3.05) is 6.61 Å². The van der Waals surface area contributed by atoms with Crippen LogP contribution in [-0.4, -0.2) is 23.7 Å². The number of aliphatic hydroxyl groups excluding tert-OH is 1. The van der Waals surface area contributed by atoms with Crippen molar-refractivity contribution in [2.45, 2.75) is 54.0 Å². The largest absolute Gasteiger partial charge is 0.394 e. The van der Waals surface area contributed by atoms with E-state index < -0.39 is 0 Å². The summed E-state index contributed by atoms with van der Waals surface area (Å²) >= 11 is 0. The van der Waals surface area contributed by atoms with E-state index in [1.54, 1.807) is 0 Å². The summed E-state index contributed by atoms with van der Waals surface area (Å²) < 4.78 is 0. The molecule has 0 aliphatic heterocycles. The molecule has 0 saturated carbocycles. The van der Waals surface area contributed by atoms with E-state index in [2.05, 4.69) is 39.9 Å². The van der Waals surface area contributed by atoms with Crippen LogP contribution in [0.4, 0.5) is 0 Å². The topological polar surface area (TPSA) is 49.3 Å². The van der Waals surface area contributed by atoms with Crippen molar-refractivity contribution in [3.05, 3.63) is 0 Å². The molecule has 0 saturated heterocycles. The highest BCUT2D eigenvalue weighted by molar-refractivity contribution is 5.79. The summed E-state index contributed by atoms with van der Waals surface area (Å²) in [6, 6.07) is -0.115. The third kappa shape index (κ3) is 4.52. The van der Waals surface area contributed by atoms with Crippen LogP contribution >= 0.6 is 0 Å². The molecule has 0 aliphatic rings. The maximum atomic E-state index is 12.1. The molecule has 0 fully saturated rings. The highest BCUT2D eigenvalue weighted by Crippen LogP contribution is 2.32. The van der Waals surface area contributed by atoms with Gasteiger partial charge in [-0.25, -0.2) is 0 Å². The van der Waals surface area contributed by atoms with Gasteiger partial charge in [0, 0.05) is 5.92 Å². The van der Waals surface area contributed by atoms with Gasteiger partial charge in [-0.05, 0) is 17.8 Å². The molecular weight excluding hydrogens is 202 g/mol. The highest BCUT2D eigenvalue weighted by Gasteiger charge is 2.34. The predicted molar refractivity (Wildman–Crippen MR) is 67.1 cm³/mol. The molecule has 2 N–H and O–H groups in total.